The van der Waals surface area contributed by atoms with Crippen LogP contribution >= 0.6 is 0 Å². The molecule has 0 spiro atoms. The lowest BCUT2D eigenvalue weighted by atomic mass is 9.91. The summed E-state index contributed by atoms with van der Waals surface area (Å²) in [4.78, 5) is 26.4. The summed E-state index contributed by atoms with van der Waals surface area (Å²) in [5.74, 6) is -2.41. The molecule has 0 aliphatic carbocycles. The van der Waals surface area contributed by atoms with E-state index in [2.05, 4.69) is 20.4 Å². The third kappa shape index (κ3) is 18.3. The van der Waals surface area contributed by atoms with Crippen molar-refractivity contribution in [3.05, 3.63) is 156 Å². The zero-order valence-electron chi connectivity index (χ0n) is 38.7. The Kier molecular flexibility index (Phi) is 23.5. The monoisotopic (exact) mass is 893 g/mol. The van der Waals surface area contributed by atoms with Crippen molar-refractivity contribution in [2.45, 2.75) is 154 Å². The first-order valence-electron chi connectivity index (χ1n) is 23.8. The van der Waals surface area contributed by atoms with Gasteiger partial charge in [0.2, 0.25) is 5.79 Å². The summed E-state index contributed by atoms with van der Waals surface area (Å²) in [6.07, 6.45) is 7.83. The van der Waals surface area contributed by atoms with Gasteiger partial charge in [0.05, 0.1) is 39.6 Å². The van der Waals surface area contributed by atoms with E-state index in [0.29, 0.717) is 13.0 Å². The SMILES string of the molecule is C=CC1(OCC(COC(=O)CCCCCCC)OC(=O)CCCCCCC)OC(COCc2ccccc2)C(OCc2ccccc2)C(OCc2ccccc2)C1OCc1ccccc1. The lowest BCUT2D eigenvalue weighted by Crippen LogP contribution is -2.67. The Morgan fingerprint density at radius 1 is 0.585 bits per heavy atom. The highest BCUT2D eigenvalue weighted by atomic mass is 16.7. The van der Waals surface area contributed by atoms with Crippen LogP contribution in [0.4, 0.5) is 0 Å². The summed E-state index contributed by atoms with van der Waals surface area (Å²) >= 11 is 0. The fourth-order valence-corrected chi connectivity index (χ4v) is 7.80. The summed E-state index contributed by atoms with van der Waals surface area (Å²) < 4.78 is 52.8. The average molecular weight is 893 g/mol. The molecule has 5 rings (SSSR count). The number of carbonyl (C=O) groups is 2. The number of ether oxygens (including phenoxy) is 8. The average Bonchev–Trinajstić information content (AvgIpc) is 3.34. The van der Waals surface area contributed by atoms with Crippen LogP contribution in [0.15, 0.2) is 134 Å². The van der Waals surface area contributed by atoms with Crippen molar-refractivity contribution in [3.63, 3.8) is 0 Å². The number of hydrogen-bond acceptors (Lipinski definition) is 10. The Labute approximate surface area is 387 Å². The van der Waals surface area contributed by atoms with Gasteiger partial charge in [-0.05, 0) is 41.2 Å². The maximum Gasteiger partial charge on any atom is 0.306 e. The number of esters is 2. The number of benzene rings is 4. The maximum absolute atomic E-state index is 13.4. The second-order valence-corrected chi connectivity index (χ2v) is 16.8. The van der Waals surface area contributed by atoms with Crippen LogP contribution in [-0.2, 0) is 73.9 Å². The number of rotatable bonds is 32. The topological polar surface area (TPSA) is 108 Å². The molecule has 4 aromatic rings. The van der Waals surface area contributed by atoms with Crippen LogP contribution < -0.4 is 0 Å². The summed E-state index contributed by atoms with van der Waals surface area (Å²) in [5, 5.41) is 0. The van der Waals surface area contributed by atoms with Crippen LogP contribution in [0.3, 0.4) is 0 Å². The largest absolute Gasteiger partial charge is 0.462 e. The van der Waals surface area contributed by atoms with Gasteiger partial charge in [-0.2, -0.15) is 0 Å². The van der Waals surface area contributed by atoms with E-state index in [-0.39, 0.29) is 64.4 Å². The molecule has 0 radical (unpaired) electrons. The molecule has 352 valence electrons. The second-order valence-electron chi connectivity index (χ2n) is 16.8. The lowest BCUT2D eigenvalue weighted by molar-refractivity contribution is -0.366. The number of unbranched alkanes of at least 4 members (excludes halogenated alkanes) is 8. The minimum absolute atomic E-state index is 0.107. The Morgan fingerprint density at radius 3 is 1.55 bits per heavy atom. The van der Waals surface area contributed by atoms with Crippen LogP contribution in [0.25, 0.3) is 0 Å². The van der Waals surface area contributed by atoms with Gasteiger partial charge in [0.15, 0.2) is 6.10 Å². The molecule has 65 heavy (non-hydrogen) atoms. The molecule has 0 saturated carbocycles. The summed E-state index contributed by atoms with van der Waals surface area (Å²) in [6.45, 7) is 9.34. The molecule has 1 saturated heterocycles. The molecule has 1 heterocycles. The van der Waals surface area contributed by atoms with E-state index in [9.17, 15) is 9.59 Å². The van der Waals surface area contributed by atoms with Crippen LogP contribution in [0, 0.1) is 0 Å². The van der Waals surface area contributed by atoms with Gasteiger partial charge in [-0.25, -0.2) is 0 Å². The molecule has 10 heteroatoms. The summed E-state index contributed by atoms with van der Waals surface area (Å²) in [7, 11) is 0. The van der Waals surface area contributed by atoms with E-state index < -0.39 is 36.3 Å². The molecule has 6 unspecified atom stereocenters. The van der Waals surface area contributed by atoms with E-state index >= 15 is 0 Å². The summed E-state index contributed by atoms with van der Waals surface area (Å²) in [6, 6.07) is 39.6. The normalized spacial score (nSPS) is 19.9. The third-order valence-electron chi connectivity index (χ3n) is 11.4. The van der Waals surface area contributed by atoms with E-state index in [1.165, 1.54) is 0 Å². The molecule has 0 bridgehead atoms. The van der Waals surface area contributed by atoms with E-state index in [1.54, 1.807) is 6.08 Å². The van der Waals surface area contributed by atoms with Gasteiger partial charge in [0.1, 0.15) is 31.0 Å². The molecule has 0 aromatic heterocycles. The second kappa shape index (κ2) is 29.8. The Morgan fingerprint density at radius 2 is 1.05 bits per heavy atom. The standard InChI is InChI=1S/C55H72O10/c1-4-7-9-11-25-35-50(56)59-41-48(64-51(57)36-26-12-10-8-5-2)42-63-55(6-3)54(62-40-47-33-23-16-24-34-47)53(61-39-46-31-21-15-22-32-46)52(60-38-45-29-19-14-20-30-45)49(65-55)43-58-37-44-27-17-13-18-28-44/h6,13-24,27-34,48-49,52-54H,3-5,7-12,25-26,35-43H2,1-2H3. The fraction of sp³-hybridized carbons (Fsp3) is 0.491. The first-order valence-corrected chi connectivity index (χ1v) is 23.8. The minimum atomic E-state index is -1.68. The van der Waals surface area contributed by atoms with Crippen LogP contribution in [0.1, 0.15) is 113 Å². The Hall–Kier alpha value is -4.68. The Bertz CT molecular complexity index is 1880. The van der Waals surface area contributed by atoms with Gasteiger partial charge in [-0.1, -0.05) is 193 Å². The number of hydrogen-bond donors (Lipinski definition) is 0. The molecule has 4 aromatic carbocycles. The lowest BCUT2D eigenvalue weighted by Gasteiger charge is -2.51. The van der Waals surface area contributed by atoms with E-state index in [0.717, 1.165) is 80.0 Å². The van der Waals surface area contributed by atoms with Crippen molar-refractivity contribution in [2.24, 2.45) is 0 Å². The van der Waals surface area contributed by atoms with Crippen molar-refractivity contribution in [1.82, 2.24) is 0 Å². The van der Waals surface area contributed by atoms with Gasteiger partial charge in [-0.15, -0.1) is 0 Å². The Balaban J connectivity index is 1.47. The molecule has 0 N–H and O–H groups in total. The van der Waals surface area contributed by atoms with Gasteiger partial charge in [-0.3, -0.25) is 9.59 Å². The highest BCUT2D eigenvalue weighted by molar-refractivity contribution is 5.70. The van der Waals surface area contributed by atoms with Crippen LogP contribution in [0.5, 0.6) is 0 Å². The maximum atomic E-state index is 13.4. The fourth-order valence-electron chi connectivity index (χ4n) is 7.80. The molecule has 1 aliphatic heterocycles. The van der Waals surface area contributed by atoms with Gasteiger partial charge in [0.25, 0.3) is 0 Å². The highest BCUT2D eigenvalue weighted by Crippen LogP contribution is 2.39. The minimum Gasteiger partial charge on any atom is -0.462 e. The molecular formula is C55H72O10. The third-order valence-corrected chi connectivity index (χ3v) is 11.4. The van der Waals surface area contributed by atoms with Crippen molar-refractivity contribution >= 4 is 11.9 Å². The van der Waals surface area contributed by atoms with Crippen molar-refractivity contribution in [3.8, 4) is 0 Å². The first-order chi connectivity index (χ1) is 31.9. The van der Waals surface area contributed by atoms with E-state index in [1.807, 2.05) is 121 Å². The number of carbonyl (C=O) groups excluding carboxylic acids is 2. The molecule has 10 nitrogen and oxygen atoms in total. The van der Waals surface area contributed by atoms with E-state index in [4.69, 9.17) is 37.9 Å². The molecule has 0 amide bonds. The van der Waals surface area contributed by atoms with Gasteiger partial charge < -0.3 is 37.9 Å². The summed E-state index contributed by atoms with van der Waals surface area (Å²) in [5.41, 5.74) is 3.86. The predicted molar refractivity (Wildman–Crippen MR) is 252 cm³/mol. The highest BCUT2D eigenvalue weighted by Gasteiger charge is 2.57. The van der Waals surface area contributed by atoms with Crippen molar-refractivity contribution < 1.29 is 47.5 Å². The predicted octanol–water partition coefficient (Wildman–Crippen LogP) is 11.4. The molecular weight excluding hydrogens is 821 g/mol. The first kappa shape index (κ1) is 51.3. The molecule has 6 atom stereocenters. The molecule has 1 fully saturated rings. The molecule has 1 aliphatic rings. The van der Waals surface area contributed by atoms with Crippen molar-refractivity contribution in [2.75, 3.05) is 19.8 Å². The van der Waals surface area contributed by atoms with Crippen LogP contribution in [-0.4, -0.2) is 68.1 Å². The smallest absolute Gasteiger partial charge is 0.306 e. The zero-order chi connectivity index (χ0) is 45.8. The van der Waals surface area contributed by atoms with Crippen molar-refractivity contribution in [1.29, 1.82) is 0 Å². The quantitative estimate of drug-likeness (QED) is 0.0267. The van der Waals surface area contributed by atoms with Gasteiger partial charge in [0, 0.05) is 12.8 Å². The van der Waals surface area contributed by atoms with Crippen LogP contribution in [0.2, 0.25) is 0 Å². The zero-order valence-corrected chi connectivity index (χ0v) is 38.7. The van der Waals surface area contributed by atoms with Gasteiger partial charge >= 0.3 is 11.9 Å².